The number of aromatic nitrogens is 4. The number of hydrogen-bond acceptors (Lipinski definition) is 6. The molecular weight excluding hydrogens is 516 g/mol. The number of aromatic amines is 1. The van der Waals surface area contributed by atoms with Crippen molar-refractivity contribution in [1.29, 1.82) is 0 Å². The lowest BCUT2D eigenvalue weighted by molar-refractivity contribution is -0.286. The van der Waals surface area contributed by atoms with Crippen LogP contribution in [0.1, 0.15) is 37.9 Å². The molecule has 0 saturated carbocycles. The third-order valence-electron chi connectivity index (χ3n) is 7.12. The zero-order chi connectivity index (χ0) is 26.7. The van der Waals surface area contributed by atoms with Crippen molar-refractivity contribution >= 4 is 21.1 Å². The Morgan fingerprint density at radius 3 is 2.63 bits per heavy atom. The van der Waals surface area contributed by atoms with E-state index in [0.717, 1.165) is 27.8 Å². The summed E-state index contributed by atoms with van der Waals surface area (Å²) in [5.74, 6) is 0.156. The lowest BCUT2D eigenvalue weighted by Gasteiger charge is -2.31. The predicted molar refractivity (Wildman–Crippen MR) is 138 cm³/mol. The van der Waals surface area contributed by atoms with Crippen molar-refractivity contribution in [2.45, 2.75) is 45.4 Å². The molecule has 12 heteroatoms. The Hall–Kier alpha value is -3.51. The maximum Gasteiger partial charge on any atom is 0.586 e. The van der Waals surface area contributed by atoms with Crippen LogP contribution >= 0.6 is 0 Å². The first-order valence-electron chi connectivity index (χ1n) is 12.5. The highest BCUT2D eigenvalue weighted by molar-refractivity contribution is 7.89. The molecule has 1 N–H and O–H groups in total. The SMILES string of the molecule is CCCS(=O)(=O)N1CCC(n2cc(-c3cnc4[nH]cc(-c5ccc6c(c5)OC(F)(F)O6)c4c3)c(C)n2)CC1. The Morgan fingerprint density at radius 2 is 1.87 bits per heavy atom. The van der Waals surface area contributed by atoms with E-state index in [1.807, 2.05) is 30.8 Å². The lowest BCUT2D eigenvalue weighted by atomic mass is 10.0. The molecule has 0 atom stereocenters. The van der Waals surface area contributed by atoms with Crippen LogP contribution in [0.2, 0.25) is 0 Å². The van der Waals surface area contributed by atoms with Crippen LogP contribution in [0.5, 0.6) is 11.5 Å². The van der Waals surface area contributed by atoms with Gasteiger partial charge in [-0.1, -0.05) is 13.0 Å². The lowest BCUT2D eigenvalue weighted by Crippen LogP contribution is -2.40. The van der Waals surface area contributed by atoms with Crippen molar-refractivity contribution in [2.24, 2.45) is 0 Å². The Morgan fingerprint density at radius 1 is 1.11 bits per heavy atom. The highest BCUT2D eigenvalue weighted by Gasteiger charge is 2.43. The molecular formula is C26H27F2N5O4S. The van der Waals surface area contributed by atoms with Gasteiger partial charge in [-0.3, -0.25) is 4.68 Å². The molecule has 9 nitrogen and oxygen atoms in total. The summed E-state index contributed by atoms with van der Waals surface area (Å²) < 4.78 is 64.5. The number of hydrogen-bond donors (Lipinski definition) is 1. The second-order valence-corrected chi connectivity index (χ2v) is 11.8. The molecule has 200 valence electrons. The Balaban J connectivity index is 1.27. The van der Waals surface area contributed by atoms with Crippen molar-refractivity contribution in [2.75, 3.05) is 18.8 Å². The number of aryl methyl sites for hydroxylation is 1. The number of pyridine rings is 1. The normalized spacial score (nSPS) is 17.9. The number of alkyl halides is 2. The van der Waals surface area contributed by atoms with Crippen molar-refractivity contribution in [1.82, 2.24) is 24.1 Å². The molecule has 0 aliphatic carbocycles. The first-order valence-corrected chi connectivity index (χ1v) is 14.2. The van der Waals surface area contributed by atoms with E-state index >= 15 is 0 Å². The van der Waals surface area contributed by atoms with E-state index in [-0.39, 0.29) is 23.3 Å². The molecule has 0 spiro atoms. The fourth-order valence-electron chi connectivity index (χ4n) is 5.23. The molecule has 4 aromatic rings. The Kier molecular flexibility index (Phi) is 5.91. The largest absolute Gasteiger partial charge is 0.586 e. The van der Waals surface area contributed by atoms with E-state index in [4.69, 9.17) is 5.10 Å². The summed E-state index contributed by atoms with van der Waals surface area (Å²) in [7, 11) is -3.20. The predicted octanol–water partition coefficient (Wildman–Crippen LogP) is 5.10. The Bertz CT molecular complexity index is 1620. The van der Waals surface area contributed by atoms with Gasteiger partial charge in [0, 0.05) is 53.8 Å². The average Bonchev–Trinajstić information content (AvgIpc) is 3.56. The van der Waals surface area contributed by atoms with Crippen LogP contribution in [-0.4, -0.2) is 57.6 Å². The smallest absolute Gasteiger partial charge is 0.395 e. The van der Waals surface area contributed by atoms with Crippen LogP contribution in [0.4, 0.5) is 8.78 Å². The van der Waals surface area contributed by atoms with E-state index in [2.05, 4.69) is 19.4 Å². The van der Waals surface area contributed by atoms with E-state index in [1.54, 1.807) is 22.8 Å². The molecule has 0 bridgehead atoms. The van der Waals surface area contributed by atoms with E-state index in [1.165, 1.54) is 12.1 Å². The third-order valence-corrected chi connectivity index (χ3v) is 9.20. The minimum Gasteiger partial charge on any atom is -0.395 e. The second-order valence-electron chi connectivity index (χ2n) is 9.71. The van der Waals surface area contributed by atoms with Crippen LogP contribution in [0.25, 0.3) is 33.3 Å². The monoisotopic (exact) mass is 543 g/mol. The second kappa shape index (κ2) is 9.05. The first-order chi connectivity index (χ1) is 18.1. The van der Waals surface area contributed by atoms with Gasteiger partial charge in [-0.25, -0.2) is 17.7 Å². The van der Waals surface area contributed by atoms with Crippen LogP contribution in [0.3, 0.4) is 0 Å². The number of ether oxygens (including phenoxy) is 2. The maximum atomic E-state index is 13.5. The van der Waals surface area contributed by atoms with Gasteiger partial charge in [0.15, 0.2) is 11.5 Å². The third kappa shape index (κ3) is 4.41. The molecule has 2 aliphatic rings. The molecule has 1 saturated heterocycles. The summed E-state index contributed by atoms with van der Waals surface area (Å²) in [4.78, 5) is 7.71. The van der Waals surface area contributed by atoms with Crippen molar-refractivity contribution in [3.63, 3.8) is 0 Å². The number of H-pyrrole nitrogens is 1. The molecule has 2 aliphatic heterocycles. The minimum absolute atomic E-state index is 0.00533. The molecule has 38 heavy (non-hydrogen) atoms. The molecule has 5 heterocycles. The molecule has 0 amide bonds. The van der Waals surface area contributed by atoms with E-state index in [0.29, 0.717) is 43.6 Å². The summed E-state index contributed by atoms with van der Waals surface area (Å²) in [5, 5.41) is 5.58. The number of benzene rings is 1. The number of nitrogens with one attached hydrogen (secondary N) is 1. The summed E-state index contributed by atoms with van der Waals surface area (Å²) in [6.45, 7) is 4.79. The number of nitrogens with zero attached hydrogens (tertiary/aromatic N) is 4. The maximum absolute atomic E-state index is 13.5. The van der Waals surface area contributed by atoms with Gasteiger partial charge in [0.1, 0.15) is 5.65 Å². The average molecular weight is 544 g/mol. The van der Waals surface area contributed by atoms with Gasteiger partial charge in [-0.2, -0.15) is 5.10 Å². The van der Waals surface area contributed by atoms with E-state index < -0.39 is 16.3 Å². The quantitative estimate of drug-likeness (QED) is 0.363. The number of halogens is 2. The summed E-state index contributed by atoms with van der Waals surface area (Å²) >= 11 is 0. The topological polar surface area (TPSA) is 102 Å². The number of piperidine rings is 1. The fourth-order valence-corrected chi connectivity index (χ4v) is 6.77. The summed E-state index contributed by atoms with van der Waals surface area (Å²) in [6, 6.07) is 6.81. The molecule has 1 aromatic carbocycles. The highest BCUT2D eigenvalue weighted by Crippen LogP contribution is 2.44. The van der Waals surface area contributed by atoms with Gasteiger partial charge in [0.2, 0.25) is 10.0 Å². The molecule has 1 fully saturated rings. The molecule has 0 radical (unpaired) electrons. The van der Waals surface area contributed by atoms with Crippen molar-refractivity contribution in [3.05, 3.63) is 48.5 Å². The van der Waals surface area contributed by atoms with Gasteiger partial charge in [-0.05, 0) is 49.9 Å². The number of rotatable bonds is 6. The number of fused-ring (bicyclic) bond motifs is 2. The standard InChI is InChI=1S/C26H27F2N5O4S/c1-3-10-38(34,35)32-8-6-19(7-9-32)33-15-22(16(2)31-33)18-11-20-21(14-30-25(20)29-13-18)17-4-5-23-24(12-17)37-26(27,28)36-23/h4-5,11-15,19H,3,6-10H2,1-2H3,(H,29,30). The fraction of sp³-hybridized carbons (Fsp3) is 0.385. The highest BCUT2D eigenvalue weighted by atomic mass is 32.2. The van der Waals surface area contributed by atoms with Crippen molar-refractivity contribution < 1.29 is 26.7 Å². The van der Waals surface area contributed by atoms with Gasteiger partial charge in [0.05, 0.1) is 17.5 Å². The summed E-state index contributed by atoms with van der Waals surface area (Å²) in [6.07, 6.45) is 3.89. The number of sulfonamides is 1. The zero-order valence-corrected chi connectivity index (χ0v) is 21.8. The minimum atomic E-state index is -3.67. The molecule has 0 unspecified atom stereocenters. The van der Waals surface area contributed by atoms with E-state index in [9.17, 15) is 17.2 Å². The van der Waals surface area contributed by atoms with Gasteiger partial charge >= 0.3 is 6.29 Å². The van der Waals surface area contributed by atoms with Crippen LogP contribution in [0, 0.1) is 6.92 Å². The molecule has 6 rings (SSSR count). The van der Waals surface area contributed by atoms with Gasteiger partial charge in [-0.15, -0.1) is 8.78 Å². The van der Waals surface area contributed by atoms with Crippen molar-refractivity contribution in [3.8, 4) is 33.8 Å². The molecule has 3 aromatic heterocycles. The Labute approximate surface area is 218 Å². The van der Waals surface area contributed by atoms with Crippen LogP contribution < -0.4 is 9.47 Å². The van der Waals surface area contributed by atoms with Crippen LogP contribution in [-0.2, 0) is 10.0 Å². The summed E-state index contributed by atoms with van der Waals surface area (Å²) in [5.41, 5.74) is 4.79. The zero-order valence-electron chi connectivity index (χ0n) is 20.9. The van der Waals surface area contributed by atoms with Gasteiger partial charge < -0.3 is 14.5 Å². The van der Waals surface area contributed by atoms with Gasteiger partial charge in [0.25, 0.3) is 0 Å². The van der Waals surface area contributed by atoms with Crippen LogP contribution in [0.15, 0.2) is 42.9 Å². The first kappa shape index (κ1) is 24.8.